The third kappa shape index (κ3) is 1.72. The fourth-order valence-electron chi connectivity index (χ4n) is 5.36. The van der Waals surface area contributed by atoms with Gasteiger partial charge in [-0.3, -0.25) is 4.79 Å². The van der Waals surface area contributed by atoms with Gasteiger partial charge >= 0.3 is 0 Å². The lowest BCUT2D eigenvalue weighted by Crippen LogP contribution is -2.49. The van der Waals surface area contributed by atoms with E-state index in [0.29, 0.717) is 5.56 Å². The number of hydrogen-bond donors (Lipinski definition) is 1. The minimum Gasteiger partial charge on any atom is -0.268 e. The highest BCUT2D eigenvalue weighted by Gasteiger charge is 2.52. The van der Waals surface area contributed by atoms with Crippen LogP contribution in [0.15, 0.2) is 10.9 Å². The van der Waals surface area contributed by atoms with Crippen molar-refractivity contribution in [1.82, 2.24) is 10.2 Å². The maximum atomic E-state index is 11.7. The lowest BCUT2D eigenvalue weighted by molar-refractivity contribution is -0.00766. The number of rotatable bonds is 2. The van der Waals surface area contributed by atoms with Gasteiger partial charge < -0.3 is 0 Å². The van der Waals surface area contributed by atoms with Crippen molar-refractivity contribution in [1.29, 1.82) is 5.26 Å². The maximum absolute atomic E-state index is 11.7. The van der Waals surface area contributed by atoms with Gasteiger partial charge in [-0.25, -0.2) is 5.10 Å². The molecule has 4 bridgehead atoms. The molecule has 5 rings (SSSR count). The summed E-state index contributed by atoms with van der Waals surface area (Å²) in [6.45, 7) is 0. The van der Waals surface area contributed by atoms with Gasteiger partial charge in [-0.05, 0) is 62.3 Å². The second-order valence-corrected chi connectivity index (χ2v) is 7.14. The molecule has 0 unspecified atom stereocenters. The predicted molar refractivity (Wildman–Crippen MR) is 74.0 cm³/mol. The Morgan fingerprint density at radius 1 is 1.25 bits per heavy atom. The first kappa shape index (κ1) is 12.1. The number of nitrogens with one attached hydrogen (secondary N) is 1. The zero-order valence-electron chi connectivity index (χ0n) is 11.6. The van der Waals surface area contributed by atoms with E-state index in [1.165, 1.54) is 38.5 Å². The van der Waals surface area contributed by atoms with Gasteiger partial charge in [0.15, 0.2) is 0 Å². The second kappa shape index (κ2) is 4.18. The molecule has 0 amide bonds. The van der Waals surface area contributed by atoms with E-state index in [4.69, 9.17) is 5.26 Å². The average molecular weight is 269 g/mol. The molecule has 20 heavy (non-hydrogen) atoms. The zero-order chi connectivity index (χ0) is 13.7. The lowest BCUT2D eigenvalue weighted by Gasteiger charge is -2.56. The first-order valence-electron chi connectivity index (χ1n) is 7.64. The van der Waals surface area contributed by atoms with E-state index in [0.717, 1.165) is 23.4 Å². The summed E-state index contributed by atoms with van der Waals surface area (Å²) in [5.74, 6) is 2.57. The SMILES string of the molecule is N#CCc1cc(C23CC4CC(CC(C4)C2)C3)n[nH]c1=O. The van der Waals surface area contributed by atoms with E-state index in [-0.39, 0.29) is 17.4 Å². The van der Waals surface area contributed by atoms with Gasteiger partial charge in [-0.1, -0.05) is 0 Å². The Morgan fingerprint density at radius 2 is 1.85 bits per heavy atom. The maximum Gasteiger partial charge on any atom is 0.268 e. The molecular formula is C16H19N3O. The van der Waals surface area contributed by atoms with Gasteiger partial charge in [0.25, 0.3) is 5.56 Å². The van der Waals surface area contributed by atoms with E-state index in [1.54, 1.807) is 0 Å². The first-order valence-corrected chi connectivity index (χ1v) is 7.64. The van der Waals surface area contributed by atoms with Crippen molar-refractivity contribution in [2.45, 2.75) is 50.4 Å². The Morgan fingerprint density at radius 3 is 2.40 bits per heavy atom. The number of nitriles is 1. The van der Waals surface area contributed by atoms with Crippen molar-refractivity contribution in [3.05, 3.63) is 27.7 Å². The summed E-state index contributed by atoms with van der Waals surface area (Å²) >= 11 is 0. The molecule has 4 heteroatoms. The van der Waals surface area contributed by atoms with Crippen LogP contribution in [0.4, 0.5) is 0 Å². The summed E-state index contributed by atoms with van der Waals surface area (Å²) in [7, 11) is 0. The van der Waals surface area contributed by atoms with E-state index in [1.807, 2.05) is 6.07 Å². The van der Waals surface area contributed by atoms with Crippen molar-refractivity contribution in [2.75, 3.05) is 0 Å². The summed E-state index contributed by atoms with van der Waals surface area (Å²) in [4.78, 5) is 11.7. The van der Waals surface area contributed by atoms with E-state index >= 15 is 0 Å². The molecule has 1 aromatic heterocycles. The normalized spacial score (nSPS) is 37.9. The van der Waals surface area contributed by atoms with Crippen LogP contribution in [0.25, 0.3) is 0 Å². The predicted octanol–water partition coefficient (Wildman–Crippen LogP) is 2.30. The Balaban J connectivity index is 1.75. The van der Waals surface area contributed by atoms with Crippen LogP contribution in [0.3, 0.4) is 0 Å². The third-order valence-electron chi connectivity index (χ3n) is 5.73. The largest absolute Gasteiger partial charge is 0.268 e. The molecule has 1 aromatic rings. The first-order chi connectivity index (χ1) is 9.68. The van der Waals surface area contributed by atoms with E-state index in [2.05, 4.69) is 16.3 Å². The molecular weight excluding hydrogens is 250 g/mol. The quantitative estimate of drug-likeness (QED) is 0.895. The molecule has 0 atom stereocenters. The van der Waals surface area contributed by atoms with Crippen LogP contribution in [-0.2, 0) is 11.8 Å². The van der Waals surface area contributed by atoms with Crippen molar-refractivity contribution >= 4 is 0 Å². The fraction of sp³-hybridized carbons (Fsp3) is 0.688. The number of hydrogen-bond acceptors (Lipinski definition) is 3. The monoisotopic (exact) mass is 269 g/mol. The van der Waals surface area contributed by atoms with E-state index in [9.17, 15) is 4.79 Å². The molecule has 4 fully saturated rings. The molecule has 1 heterocycles. The zero-order valence-corrected chi connectivity index (χ0v) is 11.6. The Hall–Kier alpha value is -1.63. The minimum atomic E-state index is -0.208. The van der Waals surface area contributed by atoms with Gasteiger partial charge in [0, 0.05) is 11.0 Å². The smallest absolute Gasteiger partial charge is 0.268 e. The van der Waals surface area contributed by atoms with Crippen LogP contribution in [0.2, 0.25) is 0 Å². The summed E-state index contributed by atoms with van der Waals surface area (Å²) in [5, 5.41) is 15.8. The number of aromatic amines is 1. The molecule has 0 aliphatic heterocycles. The van der Waals surface area contributed by atoms with Gasteiger partial charge in [0.05, 0.1) is 18.2 Å². The molecule has 0 saturated heterocycles. The highest BCUT2D eigenvalue weighted by Crippen LogP contribution is 2.60. The molecule has 104 valence electrons. The molecule has 0 aromatic carbocycles. The van der Waals surface area contributed by atoms with Crippen LogP contribution < -0.4 is 5.56 Å². The van der Waals surface area contributed by atoms with Gasteiger partial charge in [0.1, 0.15) is 0 Å². The van der Waals surface area contributed by atoms with Crippen LogP contribution >= 0.6 is 0 Å². The average Bonchev–Trinajstić information content (AvgIpc) is 2.40. The molecule has 0 radical (unpaired) electrons. The van der Waals surface area contributed by atoms with Gasteiger partial charge in [-0.2, -0.15) is 10.4 Å². The van der Waals surface area contributed by atoms with Crippen LogP contribution in [0, 0.1) is 29.1 Å². The molecule has 0 spiro atoms. The number of aromatic nitrogens is 2. The second-order valence-electron chi connectivity index (χ2n) is 7.14. The fourth-order valence-corrected chi connectivity index (χ4v) is 5.36. The lowest BCUT2D eigenvalue weighted by atomic mass is 9.49. The van der Waals surface area contributed by atoms with Crippen molar-refractivity contribution in [2.24, 2.45) is 17.8 Å². The Labute approximate surface area is 118 Å². The Bertz CT molecular complexity index is 605. The highest BCUT2D eigenvalue weighted by molar-refractivity contribution is 5.26. The van der Waals surface area contributed by atoms with Gasteiger partial charge in [0.2, 0.25) is 0 Å². The molecule has 4 nitrogen and oxygen atoms in total. The summed E-state index contributed by atoms with van der Waals surface area (Å²) in [6.07, 6.45) is 8.05. The summed E-state index contributed by atoms with van der Waals surface area (Å²) in [6, 6.07) is 3.99. The number of H-pyrrole nitrogens is 1. The highest BCUT2D eigenvalue weighted by atomic mass is 16.1. The topological polar surface area (TPSA) is 69.5 Å². The molecule has 4 aliphatic carbocycles. The van der Waals surface area contributed by atoms with Crippen molar-refractivity contribution in [3.63, 3.8) is 0 Å². The van der Waals surface area contributed by atoms with Crippen LogP contribution in [-0.4, -0.2) is 10.2 Å². The van der Waals surface area contributed by atoms with Crippen molar-refractivity contribution in [3.8, 4) is 6.07 Å². The Kier molecular flexibility index (Phi) is 2.54. The summed E-state index contributed by atoms with van der Waals surface area (Å²) < 4.78 is 0. The number of nitrogens with zero attached hydrogens (tertiary/aromatic N) is 2. The van der Waals surface area contributed by atoms with Crippen molar-refractivity contribution < 1.29 is 0 Å². The van der Waals surface area contributed by atoms with Gasteiger partial charge in [-0.15, -0.1) is 0 Å². The minimum absolute atomic E-state index is 0.178. The third-order valence-corrected chi connectivity index (χ3v) is 5.73. The summed E-state index contributed by atoms with van der Waals surface area (Å²) in [5.41, 5.74) is 1.60. The molecule has 1 N–H and O–H groups in total. The van der Waals surface area contributed by atoms with Crippen LogP contribution in [0.5, 0.6) is 0 Å². The van der Waals surface area contributed by atoms with E-state index < -0.39 is 0 Å². The van der Waals surface area contributed by atoms with Crippen LogP contribution in [0.1, 0.15) is 49.8 Å². The standard InChI is InChI=1S/C16H19N3O/c17-2-1-13-6-14(18-19-15(13)20)16-7-10-3-11(8-16)5-12(4-10)9-16/h6,10-12H,1,3-5,7-9H2,(H,19,20). The molecule has 4 saturated carbocycles. The molecule has 4 aliphatic rings.